The van der Waals surface area contributed by atoms with E-state index < -0.39 is 0 Å². The summed E-state index contributed by atoms with van der Waals surface area (Å²) in [6.45, 7) is 1.14. The van der Waals surface area contributed by atoms with Crippen LogP contribution in [0.15, 0.2) is 0 Å². The number of carbonyl (C=O) groups excluding carboxylic acids is 1. The van der Waals surface area contributed by atoms with Crippen LogP contribution in [-0.4, -0.2) is 63.7 Å². The van der Waals surface area contributed by atoms with Gasteiger partial charge in [-0.25, -0.2) is 0 Å². The quantitative estimate of drug-likeness (QED) is 0.511. The van der Waals surface area contributed by atoms with Crippen LogP contribution in [0.2, 0.25) is 0 Å². The predicted molar refractivity (Wildman–Crippen MR) is 58.0 cm³/mol. The van der Waals surface area contributed by atoms with Gasteiger partial charge in [0.15, 0.2) is 0 Å². The molecule has 1 heterocycles. The summed E-state index contributed by atoms with van der Waals surface area (Å²) in [7, 11) is 3.34. The van der Waals surface area contributed by atoms with Crippen LogP contribution in [0.25, 0.3) is 0 Å². The zero-order valence-electron chi connectivity index (χ0n) is 9.73. The molecule has 1 amide bonds. The Kier molecular flexibility index (Phi) is 5.68. The number of hydrogen-bond donors (Lipinski definition) is 3. The van der Waals surface area contributed by atoms with E-state index in [2.05, 4.69) is 10.6 Å². The molecule has 0 aromatic heterocycles. The number of rotatable bonds is 6. The summed E-state index contributed by atoms with van der Waals surface area (Å²) in [5, 5.41) is 14.8. The zero-order chi connectivity index (χ0) is 12.0. The first-order chi connectivity index (χ1) is 7.72. The molecule has 1 aliphatic rings. The van der Waals surface area contributed by atoms with E-state index in [0.29, 0.717) is 19.8 Å². The third kappa shape index (κ3) is 3.41. The van der Waals surface area contributed by atoms with Gasteiger partial charge in [-0.2, -0.15) is 0 Å². The van der Waals surface area contributed by atoms with Gasteiger partial charge in [0.1, 0.15) is 0 Å². The molecule has 1 saturated heterocycles. The highest BCUT2D eigenvalue weighted by Crippen LogP contribution is 2.13. The Bertz CT molecular complexity index is 225. The Balaban J connectivity index is 2.43. The normalized spacial score (nSPS) is 26.7. The van der Waals surface area contributed by atoms with Gasteiger partial charge in [-0.15, -0.1) is 0 Å². The fourth-order valence-corrected chi connectivity index (χ4v) is 1.75. The fraction of sp³-hybridized carbons (Fsp3) is 0.900. The van der Waals surface area contributed by atoms with Crippen molar-refractivity contribution in [2.24, 2.45) is 5.92 Å². The second-order valence-electron chi connectivity index (χ2n) is 3.88. The highest BCUT2D eigenvalue weighted by atomic mass is 16.5. The molecule has 0 radical (unpaired) electrons. The maximum absolute atomic E-state index is 11.9. The molecule has 1 aliphatic heterocycles. The van der Waals surface area contributed by atoms with Crippen molar-refractivity contribution in [1.29, 1.82) is 0 Å². The van der Waals surface area contributed by atoms with Crippen molar-refractivity contribution < 1.29 is 19.4 Å². The van der Waals surface area contributed by atoms with Crippen LogP contribution in [0.1, 0.15) is 0 Å². The lowest BCUT2D eigenvalue weighted by atomic mass is 10.0. The molecule has 6 heteroatoms. The minimum atomic E-state index is -0.351. The molecule has 1 rings (SSSR count). The number of aliphatic hydroxyl groups is 1. The topological polar surface area (TPSA) is 79.8 Å². The average Bonchev–Trinajstić information content (AvgIpc) is 2.76. The summed E-state index contributed by atoms with van der Waals surface area (Å²) in [5.41, 5.74) is 0. The molecule has 3 atom stereocenters. The molecule has 0 aliphatic carbocycles. The van der Waals surface area contributed by atoms with Gasteiger partial charge in [0.05, 0.1) is 38.4 Å². The molecule has 0 spiro atoms. The third-order valence-electron chi connectivity index (χ3n) is 2.72. The van der Waals surface area contributed by atoms with Gasteiger partial charge in [-0.1, -0.05) is 0 Å². The van der Waals surface area contributed by atoms with Crippen LogP contribution in [0.5, 0.6) is 0 Å². The minimum absolute atomic E-state index is 0.0434. The van der Waals surface area contributed by atoms with Crippen molar-refractivity contribution in [2.45, 2.75) is 12.1 Å². The van der Waals surface area contributed by atoms with Crippen LogP contribution in [0, 0.1) is 5.92 Å². The Hall–Kier alpha value is -0.690. The smallest absolute Gasteiger partial charge is 0.227 e. The lowest BCUT2D eigenvalue weighted by Gasteiger charge is -2.20. The van der Waals surface area contributed by atoms with Crippen molar-refractivity contribution in [1.82, 2.24) is 10.6 Å². The SMILES string of the molecule is CNC1COCC1C(=O)NC(CO)COC. The summed E-state index contributed by atoms with van der Waals surface area (Å²) in [4.78, 5) is 11.9. The number of methoxy groups -OCH3 is 1. The lowest BCUT2D eigenvalue weighted by Crippen LogP contribution is -2.48. The van der Waals surface area contributed by atoms with Gasteiger partial charge in [0.25, 0.3) is 0 Å². The van der Waals surface area contributed by atoms with E-state index in [-0.39, 0.29) is 30.5 Å². The molecule has 0 bridgehead atoms. The van der Waals surface area contributed by atoms with Crippen LogP contribution < -0.4 is 10.6 Å². The average molecular weight is 232 g/mol. The molecule has 0 saturated carbocycles. The third-order valence-corrected chi connectivity index (χ3v) is 2.72. The molecule has 3 unspecified atom stereocenters. The summed E-state index contributed by atoms with van der Waals surface area (Å²) in [6.07, 6.45) is 0. The van der Waals surface area contributed by atoms with Crippen LogP contribution in [0.4, 0.5) is 0 Å². The van der Waals surface area contributed by atoms with E-state index in [1.165, 1.54) is 7.11 Å². The maximum atomic E-state index is 11.9. The van der Waals surface area contributed by atoms with E-state index in [9.17, 15) is 4.79 Å². The molecule has 3 N–H and O–H groups in total. The standard InChI is InChI=1S/C10H20N2O4/c1-11-9-6-16-5-8(9)10(14)12-7(3-13)4-15-2/h7-9,11,13H,3-6H2,1-2H3,(H,12,14). The highest BCUT2D eigenvalue weighted by molar-refractivity contribution is 5.80. The van der Waals surface area contributed by atoms with Crippen LogP contribution in [0.3, 0.4) is 0 Å². The number of nitrogens with one attached hydrogen (secondary N) is 2. The summed E-state index contributed by atoms with van der Waals surface area (Å²) < 4.78 is 10.1. The van der Waals surface area contributed by atoms with Crippen molar-refractivity contribution >= 4 is 5.91 Å². The van der Waals surface area contributed by atoms with E-state index in [4.69, 9.17) is 14.6 Å². The Morgan fingerprint density at radius 1 is 1.62 bits per heavy atom. The molecular formula is C10H20N2O4. The summed E-state index contributed by atoms with van der Waals surface area (Å²) >= 11 is 0. The summed E-state index contributed by atoms with van der Waals surface area (Å²) in [6, 6.07) is -0.308. The van der Waals surface area contributed by atoms with Gasteiger partial charge >= 0.3 is 0 Å². The Morgan fingerprint density at radius 3 is 2.94 bits per heavy atom. The monoisotopic (exact) mass is 232 g/mol. The van der Waals surface area contributed by atoms with Gasteiger partial charge in [0, 0.05) is 13.2 Å². The van der Waals surface area contributed by atoms with Crippen molar-refractivity contribution in [3.8, 4) is 0 Å². The van der Waals surface area contributed by atoms with E-state index >= 15 is 0 Å². The predicted octanol–water partition coefficient (Wildman–Crippen LogP) is -1.66. The molecule has 0 aromatic carbocycles. The number of hydrogen-bond acceptors (Lipinski definition) is 5. The number of amides is 1. The first-order valence-corrected chi connectivity index (χ1v) is 5.38. The van der Waals surface area contributed by atoms with Crippen LogP contribution in [-0.2, 0) is 14.3 Å². The first kappa shape index (κ1) is 13.4. The number of aliphatic hydroxyl groups excluding tert-OH is 1. The lowest BCUT2D eigenvalue weighted by molar-refractivity contribution is -0.126. The van der Waals surface area contributed by atoms with E-state index in [1.807, 2.05) is 0 Å². The van der Waals surface area contributed by atoms with E-state index in [0.717, 1.165) is 0 Å². The number of carbonyl (C=O) groups is 1. The zero-order valence-corrected chi connectivity index (χ0v) is 9.73. The van der Waals surface area contributed by atoms with Crippen molar-refractivity contribution in [3.63, 3.8) is 0 Å². The maximum Gasteiger partial charge on any atom is 0.227 e. The summed E-state index contributed by atoms with van der Waals surface area (Å²) in [5.74, 6) is -0.302. The number of ether oxygens (including phenoxy) is 2. The molecule has 16 heavy (non-hydrogen) atoms. The minimum Gasteiger partial charge on any atom is -0.394 e. The van der Waals surface area contributed by atoms with E-state index in [1.54, 1.807) is 7.05 Å². The first-order valence-electron chi connectivity index (χ1n) is 5.38. The molecule has 1 fully saturated rings. The highest BCUT2D eigenvalue weighted by Gasteiger charge is 2.33. The fourth-order valence-electron chi connectivity index (χ4n) is 1.75. The van der Waals surface area contributed by atoms with Gasteiger partial charge in [-0.05, 0) is 7.05 Å². The van der Waals surface area contributed by atoms with Crippen molar-refractivity contribution in [3.05, 3.63) is 0 Å². The molecule has 6 nitrogen and oxygen atoms in total. The Morgan fingerprint density at radius 2 is 2.38 bits per heavy atom. The van der Waals surface area contributed by atoms with Gasteiger partial charge < -0.3 is 25.2 Å². The Labute approximate surface area is 95.3 Å². The second-order valence-corrected chi connectivity index (χ2v) is 3.88. The largest absolute Gasteiger partial charge is 0.394 e. The molecule has 94 valence electrons. The van der Waals surface area contributed by atoms with Crippen molar-refractivity contribution in [2.75, 3.05) is 40.6 Å². The number of likely N-dealkylation sites (N-methyl/N-ethyl adjacent to an activating group) is 1. The molecular weight excluding hydrogens is 212 g/mol. The second kappa shape index (κ2) is 6.80. The van der Waals surface area contributed by atoms with Gasteiger partial charge in [0.2, 0.25) is 5.91 Å². The molecule has 0 aromatic rings. The van der Waals surface area contributed by atoms with Gasteiger partial charge in [-0.3, -0.25) is 4.79 Å². The van der Waals surface area contributed by atoms with Crippen LogP contribution >= 0.6 is 0 Å².